The van der Waals surface area contributed by atoms with Crippen molar-refractivity contribution in [3.05, 3.63) is 48.3 Å². The van der Waals surface area contributed by atoms with Gasteiger partial charge >= 0.3 is 0 Å². The molecule has 1 heterocycles. The van der Waals surface area contributed by atoms with Gasteiger partial charge in [0.2, 0.25) is 0 Å². The summed E-state index contributed by atoms with van der Waals surface area (Å²) in [5, 5.41) is 4.18. The predicted molar refractivity (Wildman–Crippen MR) is 72.0 cm³/mol. The SMILES string of the molecule is CC(N)c1cccc(SCCn2cccn2)c1. The molecule has 1 atom stereocenters. The first kappa shape index (κ1) is 12.2. The number of hydrogen-bond donors (Lipinski definition) is 1. The van der Waals surface area contributed by atoms with Crippen LogP contribution in [-0.4, -0.2) is 15.5 Å². The summed E-state index contributed by atoms with van der Waals surface area (Å²) in [7, 11) is 0. The lowest BCUT2D eigenvalue weighted by molar-refractivity contribution is 0.666. The van der Waals surface area contributed by atoms with E-state index in [-0.39, 0.29) is 6.04 Å². The van der Waals surface area contributed by atoms with Gasteiger partial charge in [-0.2, -0.15) is 5.10 Å². The van der Waals surface area contributed by atoms with Crippen molar-refractivity contribution in [2.45, 2.75) is 24.4 Å². The Morgan fingerprint density at radius 1 is 1.41 bits per heavy atom. The predicted octanol–water partition coefficient (Wildman–Crippen LogP) is 2.70. The molecule has 0 saturated heterocycles. The van der Waals surface area contributed by atoms with E-state index in [0.29, 0.717) is 0 Å². The van der Waals surface area contributed by atoms with Crippen molar-refractivity contribution >= 4 is 11.8 Å². The number of aryl methyl sites for hydroxylation is 1. The molecule has 2 aromatic rings. The minimum atomic E-state index is 0.0988. The van der Waals surface area contributed by atoms with Crippen molar-refractivity contribution in [3.63, 3.8) is 0 Å². The molecule has 0 radical (unpaired) electrons. The number of nitrogens with zero attached hydrogens (tertiary/aromatic N) is 2. The molecule has 2 N–H and O–H groups in total. The summed E-state index contributed by atoms with van der Waals surface area (Å²) in [5.74, 6) is 1.02. The van der Waals surface area contributed by atoms with Gasteiger partial charge in [0.1, 0.15) is 0 Å². The van der Waals surface area contributed by atoms with Crippen LogP contribution in [0.25, 0.3) is 0 Å². The summed E-state index contributed by atoms with van der Waals surface area (Å²) in [6.07, 6.45) is 3.79. The lowest BCUT2D eigenvalue weighted by Gasteiger charge is -2.08. The molecule has 17 heavy (non-hydrogen) atoms. The Balaban J connectivity index is 1.88. The monoisotopic (exact) mass is 247 g/mol. The van der Waals surface area contributed by atoms with Crippen molar-refractivity contribution in [1.82, 2.24) is 9.78 Å². The van der Waals surface area contributed by atoms with Gasteiger partial charge in [-0.3, -0.25) is 4.68 Å². The van der Waals surface area contributed by atoms with Gasteiger partial charge < -0.3 is 5.73 Å². The summed E-state index contributed by atoms with van der Waals surface area (Å²) >= 11 is 1.83. The van der Waals surface area contributed by atoms with Gasteiger partial charge in [0.05, 0.1) is 6.54 Å². The average Bonchev–Trinajstić information content (AvgIpc) is 2.82. The maximum absolute atomic E-state index is 5.87. The second kappa shape index (κ2) is 5.89. The Morgan fingerprint density at radius 3 is 3.00 bits per heavy atom. The van der Waals surface area contributed by atoms with Gasteiger partial charge in [0.25, 0.3) is 0 Å². The van der Waals surface area contributed by atoms with Crippen LogP contribution in [0.3, 0.4) is 0 Å². The number of hydrogen-bond acceptors (Lipinski definition) is 3. The zero-order chi connectivity index (χ0) is 12.1. The third-order valence-electron chi connectivity index (χ3n) is 2.53. The molecule has 0 fully saturated rings. The minimum absolute atomic E-state index is 0.0988. The Morgan fingerprint density at radius 2 is 2.29 bits per heavy atom. The highest BCUT2D eigenvalue weighted by molar-refractivity contribution is 7.99. The second-order valence-corrected chi connectivity index (χ2v) is 5.15. The van der Waals surface area contributed by atoms with Crippen LogP contribution in [0.2, 0.25) is 0 Å². The molecule has 3 nitrogen and oxygen atoms in total. The molecular formula is C13H17N3S. The smallest absolute Gasteiger partial charge is 0.0503 e. The number of aromatic nitrogens is 2. The molecule has 0 aliphatic heterocycles. The van der Waals surface area contributed by atoms with Gasteiger partial charge in [-0.1, -0.05) is 12.1 Å². The molecule has 1 aromatic carbocycles. The zero-order valence-corrected chi connectivity index (χ0v) is 10.7. The van der Waals surface area contributed by atoms with Gasteiger partial charge in [0, 0.05) is 29.1 Å². The van der Waals surface area contributed by atoms with Gasteiger partial charge in [-0.25, -0.2) is 0 Å². The van der Waals surface area contributed by atoms with Crippen molar-refractivity contribution in [2.24, 2.45) is 5.73 Å². The molecule has 0 aliphatic rings. The number of thioether (sulfide) groups is 1. The standard InChI is InChI=1S/C13H17N3S/c1-11(14)12-4-2-5-13(10-12)17-9-8-16-7-3-6-15-16/h2-7,10-11H,8-9,14H2,1H3. The van der Waals surface area contributed by atoms with Crippen molar-refractivity contribution in [1.29, 1.82) is 0 Å². The van der Waals surface area contributed by atoms with Crippen molar-refractivity contribution in [3.8, 4) is 0 Å². The second-order valence-electron chi connectivity index (χ2n) is 3.98. The van der Waals surface area contributed by atoms with E-state index in [9.17, 15) is 0 Å². The first-order valence-corrected chi connectivity index (χ1v) is 6.70. The molecule has 0 spiro atoms. The summed E-state index contributed by atoms with van der Waals surface area (Å²) in [6.45, 7) is 2.94. The average molecular weight is 247 g/mol. The Labute approximate surface area is 106 Å². The molecule has 1 unspecified atom stereocenters. The lowest BCUT2D eigenvalue weighted by Crippen LogP contribution is -2.04. The maximum atomic E-state index is 5.87. The van der Waals surface area contributed by atoms with Gasteiger partial charge in [0.15, 0.2) is 0 Å². The molecule has 0 aliphatic carbocycles. The molecule has 0 bridgehead atoms. The molecule has 0 saturated carbocycles. The number of benzene rings is 1. The highest BCUT2D eigenvalue weighted by Gasteiger charge is 2.01. The lowest BCUT2D eigenvalue weighted by atomic mass is 10.1. The fourth-order valence-corrected chi connectivity index (χ4v) is 2.49. The molecular weight excluding hydrogens is 230 g/mol. The van der Waals surface area contributed by atoms with Crippen LogP contribution in [-0.2, 0) is 6.54 Å². The minimum Gasteiger partial charge on any atom is -0.324 e. The van der Waals surface area contributed by atoms with E-state index >= 15 is 0 Å². The van der Waals surface area contributed by atoms with Crippen LogP contribution in [0.15, 0.2) is 47.6 Å². The third kappa shape index (κ3) is 3.61. The van der Waals surface area contributed by atoms with Crippen LogP contribution in [0.4, 0.5) is 0 Å². The maximum Gasteiger partial charge on any atom is 0.0503 e. The fourth-order valence-electron chi connectivity index (χ4n) is 1.58. The largest absolute Gasteiger partial charge is 0.324 e. The Hall–Kier alpha value is -1.26. The van der Waals surface area contributed by atoms with E-state index in [4.69, 9.17) is 5.73 Å². The number of nitrogens with two attached hydrogens (primary N) is 1. The normalized spacial score (nSPS) is 12.6. The number of rotatable bonds is 5. The summed E-state index contributed by atoms with van der Waals surface area (Å²) < 4.78 is 1.95. The van der Waals surface area contributed by atoms with Gasteiger partial charge in [-0.15, -0.1) is 11.8 Å². The van der Waals surface area contributed by atoms with Crippen LogP contribution in [0.5, 0.6) is 0 Å². The summed E-state index contributed by atoms with van der Waals surface area (Å²) in [6, 6.07) is 10.5. The third-order valence-corrected chi connectivity index (χ3v) is 3.51. The highest BCUT2D eigenvalue weighted by Crippen LogP contribution is 2.21. The van der Waals surface area contributed by atoms with Crippen LogP contribution in [0, 0.1) is 0 Å². The first-order valence-electron chi connectivity index (χ1n) is 5.71. The Bertz CT molecular complexity index is 451. The van der Waals surface area contributed by atoms with E-state index in [0.717, 1.165) is 12.3 Å². The van der Waals surface area contributed by atoms with Crippen LogP contribution < -0.4 is 5.73 Å². The van der Waals surface area contributed by atoms with E-state index < -0.39 is 0 Å². The zero-order valence-electron chi connectivity index (χ0n) is 9.91. The van der Waals surface area contributed by atoms with Crippen LogP contribution in [0.1, 0.15) is 18.5 Å². The van der Waals surface area contributed by atoms with Gasteiger partial charge in [-0.05, 0) is 30.7 Å². The molecule has 4 heteroatoms. The topological polar surface area (TPSA) is 43.8 Å². The molecule has 0 amide bonds. The summed E-state index contributed by atoms with van der Waals surface area (Å²) in [5.41, 5.74) is 7.05. The van der Waals surface area contributed by atoms with E-state index in [2.05, 4.69) is 29.4 Å². The van der Waals surface area contributed by atoms with E-state index in [1.54, 1.807) is 6.20 Å². The van der Waals surface area contributed by atoms with Crippen molar-refractivity contribution in [2.75, 3.05) is 5.75 Å². The molecule has 1 aromatic heterocycles. The quantitative estimate of drug-likeness (QED) is 0.826. The fraction of sp³-hybridized carbons (Fsp3) is 0.308. The Kier molecular flexibility index (Phi) is 4.23. The van der Waals surface area contributed by atoms with E-state index in [1.807, 2.05) is 35.6 Å². The van der Waals surface area contributed by atoms with Crippen molar-refractivity contribution < 1.29 is 0 Å². The first-order chi connectivity index (χ1) is 8.25. The summed E-state index contributed by atoms with van der Waals surface area (Å²) in [4.78, 5) is 1.27. The van der Waals surface area contributed by atoms with E-state index in [1.165, 1.54) is 10.5 Å². The highest BCUT2D eigenvalue weighted by atomic mass is 32.2. The van der Waals surface area contributed by atoms with Crippen LogP contribution >= 0.6 is 11.8 Å². The molecule has 90 valence electrons. The molecule has 2 rings (SSSR count).